The molecule has 0 atom stereocenters. The van der Waals surface area contributed by atoms with Gasteiger partial charge >= 0.3 is 11.9 Å². The predicted molar refractivity (Wildman–Crippen MR) is 84.8 cm³/mol. The van der Waals surface area contributed by atoms with Gasteiger partial charge in [0.1, 0.15) is 11.9 Å². The Morgan fingerprint density at radius 1 is 1.27 bits per heavy atom. The van der Waals surface area contributed by atoms with E-state index in [1.807, 2.05) is 0 Å². The Morgan fingerprint density at radius 2 is 1.96 bits per heavy atom. The molecule has 11 heteroatoms. The minimum atomic E-state index is -4.46. The Hall–Kier alpha value is -3.29. The Kier molecular flexibility index (Phi) is 5.35. The number of rotatable bonds is 5. The molecule has 0 fully saturated rings. The number of alkyl halides is 3. The zero-order valence-electron chi connectivity index (χ0n) is 13.8. The van der Waals surface area contributed by atoms with Crippen molar-refractivity contribution in [1.82, 2.24) is 14.1 Å². The lowest BCUT2D eigenvalue weighted by Crippen LogP contribution is -2.39. The molecule has 0 saturated heterocycles. The third kappa shape index (κ3) is 4.21. The Bertz CT molecular complexity index is 955. The number of hydrogen-bond acceptors (Lipinski definition) is 6. The number of aromatic nitrogens is 3. The molecule has 0 saturated carbocycles. The van der Waals surface area contributed by atoms with Gasteiger partial charge in [-0.05, 0) is 5.56 Å². The highest BCUT2D eigenvalue weighted by Gasteiger charge is 2.28. The molecule has 0 aromatic carbocycles. The predicted octanol–water partition coefficient (Wildman–Crippen LogP) is 0.904. The maximum Gasteiger partial charge on any atom is 0.422 e. The molecule has 26 heavy (non-hydrogen) atoms. The maximum atomic E-state index is 12.1. The van der Waals surface area contributed by atoms with Crippen molar-refractivity contribution in [2.75, 3.05) is 11.9 Å². The van der Waals surface area contributed by atoms with E-state index in [1.54, 1.807) is 6.07 Å². The van der Waals surface area contributed by atoms with Gasteiger partial charge in [-0.15, -0.1) is 0 Å². The molecule has 0 bridgehead atoms. The molecule has 0 spiro atoms. The lowest BCUT2D eigenvalue weighted by molar-refractivity contribution is -0.154. The molecule has 0 unspecified atom stereocenters. The van der Waals surface area contributed by atoms with Crippen LogP contribution in [0.15, 0.2) is 27.9 Å². The summed E-state index contributed by atoms with van der Waals surface area (Å²) in [6, 6.07) is 4.48. The fraction of sp³-hybridized carbons (Fsp3) is 0.333. The van der Waals surface area contributed by atoms with Crippen LogP contribution in [0, 0.1) is 11.3 Å². The zero-order valence-corrected chi connectivity index (χ0v) is 13.8. The smallest absolute Gasteiger partial charge is 0.422 e. The molecule has 0 aliphatic heterocycles. The van der Waals surface area contributed by atoms with Crippen molar-refractivity contribution in [3.63, 3.8) is 0 Å². The first kappa shape index (κ1) is 19.0. The van der Waals surface area contributed by atoms with Gasteiger partial charge in [0.15, 0.2) is 12.2 Å². The molecular formula is C15H14F3N5O3. The van der Waals surface area contributed by atoms with Crippen LogP contribution in [0.4, 0.5) is 19.0 Å². The van der Waals surface area contributed by atoms with Gasteiger partial charge in [-0.2, -0.15) is 18.4 Å². The standard InChI is InChI=1S/C15H14F3N5O3/c1-22-12(10(5-19)13(24)23(2)14(22)25)21-7-9-3-4-11(20-6-9)26-8-15(16,17)18/h3-4,6,21H,7-8H2,1-2H3. The normalized spacial score (nSPS) is 11.1. The number of nitriles is 1. The minimum absolute atomic E-state index is 0.0398. The molecule has 138 valence electrons. The van der Waals surface area contributed by atoms with Crippen LogP contribution >= 0.6 is 0 Å². The van der Waals surface area contributed by atoms with Crippen molar-refractivity contribution < 1.29 is 17.9 Å². The van der Waals surface area contributed by atoms with Crippen molar-refractivity contribution in [3.05, 3.63) is 50.3 Å². The second kappa shape index (κ2) is 7.30. The molecule has 0 aliphatic rings. The van der Waals surface area contributed by atoms with Crippen LogP contribution < -0.4 is 21.3 Å². The molecular weight excluding hydrogens is 355 g/mol. The summed E-state index contributed by atoms with van der Waals surface area (Å²) in [6.45, 7) is -1.36. The monoisotopic (exact) mass is 369 g/mol. The number of nitrogens with one attached hydrogen (secondary N) is 1. The van der Waals surface area contributed by atoms with Crippen molar-refractivity contribution in [1.29, 1.82) is 5.26 Å². The molecule has 0 radical (unpaired) electrons. The first-order valence-corrected chi connectivity index (χ1v) is 7.22. The summed E-state index contributed by atoms with van der Waals surface area (Å²) in [5.74, 6) is -0.150. The summed E-state index contributed by atoms with van der Waals surface area (Å²) in [5.41, 5.74) is -1.02. The van der Waals surface area contributed by atoms with Gasteiger partial charge in [-0.1, -0.05) is 6.07 Å². The van der Waals surface area contributed by atoms with Gasteiger partial charge in [0.2, 0.25) is 5.88 Å². The van der Waals surface area contributed by atoms with Crippen LogP contribution in [-0.4, -0.2) is 26.9 Å². The first-order valence-electron chi connectivity index (χ1n) is 7.22. The molecule has 2 aromatic rings. The van der Waals surface area contributed by atoms with E-state index in [1.165, 1.54) is 32.4 Å². The average Bonchev–Trinajstić information content (AvgIpc) is 2.60. The van der Waals surface area contributed by atoms with Gasteiger partial charge in [-0.25, -0.2) is 9.78 Å². The topological polar surface area (TPSA) is 102 Å². The van der Waals surface area contributed by atoms with E-state index in [0.29, 0.717) is 5.56 Å². The van der Waals surface area contributed by atoms with Gasteiger partial charge in [0.05, 0.1) is 0 Å². The second-order valence-electron chi connectivity index (χ2n) is 5.30. The highest BCUT2D eigenvalue weighted by atomic mass is 19.4. The van der Waals surface area contributed by atoms with Gasteiger partial charge < -0.3 is 10.1 Å². The summed E-state index contributed by atoms with van der Waals surface area (Å²) in [7, 11) is 2.66. The molecule has 2 rings (SSSR count). The summed E-state index contributed by atoms with van der Waals surface area (Å²) in [6.07, 6.45) is -3.18. The quantitative estimate of drug-likeness (QED) is 0.840. The van der Waals surface area contributed by atoms with Crippen LogP contribution in [0.2, 0.25) is 0 Å². The van der Waals surface area contributed by atoms with E-state index in [-0.39, 0.29) is 23.8 Å². The molecule has 8 nitrogen and oxygen atoms in total. The number of halogens is 3. The Balaban J connectivity index is 2.16. The Labute approximate surface area is 145 Å². The van der Waals surface area contributed by atoms with Crippen LogP contribution in [-0.2, 0) is 20.6 Å². The van der Waals surface area contributed by atoms with E-state index in [0.717, 1.165) is 9.13 Å². The molecule has 2 aromatic heterocycles. The molecule has 0 aliphatic carbocycles. The van der Waals surface area contributed by atoms with E-state index in [2.05, 4.69) is 15.0 Å². The van der Waals surface area contributed by atoms with Crippen LogP contribution in [0.1, 0.15) is 11.1 Å². The number of pyridine rings is 1. The third-order valence-corrected chi connectivity index (χ3v) is 3.42. The fourth-order valence-electron chi connectivity index (χ4n) is 2.09. The minimum Gasteiger partial charge on any atom is -0.468 e. The number of anilines is 1. The summed E-state index contributed by atoms with van der Waals surface area (Å²) in [4.78, 5) is 27.7. The van der Waals surface area contributed by atoms with Gasteiger partial charge in [0.25, 0.3) is 5.56 Å². The lowest BCUT2D eigenvalue weighted by atomic mass is 10.2. The second-order valence-corrected chi connectivity index (χ2v) is 5.30. The number of ether oxygens (including phenoxy) is 1. The molecule has 2 heterocycles. The van der Waals surface area contributed by atoms with E-state index in [9.17, 15) is 22.8 Å². The van der Waals surface area contributed by atoms with E-state index >= 15 is 0 Å². The van der Waals surface area contributed by atoms with Crippen molar-refractivity contribution in [3.8, 4) is 11.9 Å². The summed E-state index contributed by atoms with van der Waals surface area (Å²) >= 11 is 0. The van der Waals surface area contributed by atoms with Crippen LogP contribution in [0.3, 0.4) is 0 Å². The average molecular weight is 369 g/mol. The van der Waals surface area contributed by atoms with E-state index < -0.39 is 24.0 Å². The van der Waals surface area contributed by atoms with Crippen molar-refractivity contribution >= 4 is 5.82 Å². The molecule has 1 N–H and O–H groups in total. The van der Waals surface area contributed by atoms with E-state index in [4.69, 9.17) is 5.26 Å². The van der Waals surface area contributed by atoms with Crippen LogP contribution in [0.25, 0.3) is 0 Å². The number of nitrogens with zero attached hydrogens (tertiary/aromatic N) is 4. The zero-order chi connectivity index (χ0) is 19.5. The Morgan fingerprint density at radius 3 is 2.50 bits per heavy atom. The summed E-state index contributed by atoms with van der Waals surface area (Å²) in [5, 5.41) is 12.0. The van der Waals surface area contributed by atoms with Gasteiger partial charge in [-0.3, -0.25) is 13.9 Å². The third-order valence-electron chi connectivity index (χ3n) is 3.42. The van der Waals surface area contributed by atoms with Gasteiger partial charge in [0, 0.05) is 32.9 Å². The van der Waals surface area contributed by atoms with Crippen molar-refractivity contribution in [2.24, 2.45) is 14.1 Å². The highest BCUT2D eigenvalue weighted by Crippen LogP contribution is 2.17. The first-order chi connectivity index (χ1) is 12.1. The lowest BCUT2D eigenvalue weighted by Gasteiger charge is -2.14. The SMILES string of the molecule is Cn1c(NCc2ccc(OCC(F)(F)F)nc2)c(C#N)c(=O)n(C)c1=O. The van der Waals surface area contributed by atoms with Crippen molar-refractivity contribution in [2.45, 2.75) is 12.7 Å². The summed E-state index contributed by atoms with van der Waals surface area (Å²) < 4.78 is 42.7. The maximum absolute atomic E-state index is 12.1. The van der Waals surface area contributed by atoms with Crippen LogP contribution in [0.5, 0.6) is 5.88 Å². The fourth-order valence-corrected chi connectivity index (χ4v) is 2.09. The number of hydrogen-bond donors (Lipinski definition) is 1. The largest absolute Gasteiger partial charge is 0.468 e. The highest BCUT2D eigenvalue weighted by molar-refractivity contribution is 5.51. The molecule has 0 amide bonds.